The first kappa shape index (κ1) is 13.4. The molecule has 0 spiro atoms. The number of aromatic nitrogens is 2. The molecule has 0 unspecified atom stereocenters. The van der Waals surface area contributed by atoms with E-state index < -0.39 is 0 Å². The number of anilines is 1. The summed E-state index contributed by atoms with van der Waals surface area (Å²) in [5.41, 5.74) is 2.03. The van der Waals surface area contributed by atoms with E-state index >= 15 is 0 Å². The topological polar surface area (TPSA) is 37.8 Å². The summed E-state index contributed by atoms with van der Waals surface area (Å²) < 4.78 is 0. The van der Waals surface area contributed by atoms with Crippen LogP contribution >= 0.6 is 11.6 Å². The van der Waals surface area contributed by atoms with Crippen molar-refractivity contribution in [1.29, 1.82) is 0 Å². The standard InChI is InChI=1S/C16H18ClN3/c1-2-9-18-15-10-14(11-7-8-11)19-16(20-15)12-5-3-4-6-13(12)17/h3-6,10-11H,2,7-9H2,1H3,(H,18,19,20). The van der Waals surface area contributed by atoms with E-state index in [9.17, 15) is 0 Å². The van der Waals surface area contributed by atoms with Crippen LogP contribution in [0.3, 0.4) is 0 Å². The SMILES string of the molecule is CCCNc1cc(C2CC2)nc(-c2ccccc2Cl)n1. The summed E-state index contributed by atoms with van der Waals surface area (Å²) in [6.07, 6.45) is 3.53. The van der Waals surface area contributed by atoms with Crippen molar-refractivity contribution in [1.82, 2.24) is 9.97 Å². The Morgan fingerprint density at radius 3 is 2.75 bits per heavy atom. The molecule has 4 heteroatoms. The lowest BCUT2D eigenvalue weighted by Crippen LogP contribution is -2.05. The lowest BCUT2D eigenvalue weighted by Gasteiger charge is -2.10. The Morgan fingerprint density at radius 1 is 1.25 bits per heavy atom. The monoisotopic (exact) mass is 287 g/mol. The number of rotatable bonds is 5. The molecule has 0 bridgehead atoms. The zero-order valence-corrected chi connectivity index (χ0v) is 12.3. The maximum absolute atomic E-state index is 6.26. The molecule has 1 aliphatic carbocycles. The van der Waals surface area contributed by atoms with E-state index in [0.717, 1.165) is 35.9 Å². The molecule has 20 heavy (non-hydrogen) atoms. The number of hydrogen-bond acceptors (Lipinski definition) is 3. The Labute approximate surface area is 124 Å². The first-order valence-corrected chi connectivity index (χ1v) is 7.53. The van der Waals surface area contributed by atoms with Gasteiger partial charge in [0.25, 0.3) is 0 Å². The zero-order valence-electron chi connectivity index (χ0n) is 11.6. The van der Waals surface area contributed by atoms with Crippen LogP contribution in [0.2, 0.25) is 5.02 Å². The molecule has 1 aliphatic rings. The van der Waals surface area contributed by atoms with Gasteiger partial charge in [-0.15, -0.1) is 0 Å². The number of nitrogens with one attached hydrogen (secondary N) is 1. The second-order valence-electron chi connectivity index (χ2n) is 5.18. The van der Waals surface area contributed by atoms with Crippen LogP contribution < -0.4 is 5.32 Å². The molecule has 3 nitrogen and oxygen atoms in total. The summed E-state index contributed by atoms with van der Waals surface area (Å²) in [5.74, 6) is 2.22. The van der Waals surface area contributed by atoms with Gasteiger partial charge in [-0.2, -0.15) is 0 Å². The van der Waals surface area contributed by atoms with Gasteiger partial charge in [0.1, 0.15) is 5.82 Å². The molecule has 1 saturated carbocycles. The lowest BCUT2D eigenvalue weighted by atomic mass is 10.2. The van der Waals surface area contributed by atoms with Gasteiger partial charge in [0, 0.05) is 29.8 Å². The van der Waals surface area contributed by atoms with Crippen molar-refractivity contribution < 1.29 is 0 Å². The molecule has 2 aromatic rings. The molecule has 3 rings (SSSR count). The van der Waals surface area contributed by atoms with Gasteiger partial charge < -0.3 is 5.32 Å². The smallest absolute Gasteiger partial charge is 0.163 e. The molecule has 1 aromatic heterocycles. The normalized spacial score (nSPS) is 14.3. The van der Waals surface area contributed by atoms with Crippen LogP contribution in [0, 0.1) is 0 Å². The summed E-state index contributed by atoms with van der Waals surface area (Å²) in [5, 5.41) is 4.05. The number of halogens is 1. The number of benzene rings is 1. The highest BCUT2D eigenvalue weighted by Crippen LogP contribution is 2.40. The highest BCUT2D eigenvalue weighted by molar-refractivity contribution is 6.33. The Balaban J connectivity index is 2.00. The Hall–Kier alpha value is -1.61. The summed E-state index contributed by atoms with van der Waals surface area (Å²) in [6.45, 7) is 3.06. The van der Waals surface area contributed by atoms with Crippen LogP contribution in [0.4, 0.5) is 5.82 Å². The van der Waals surface area contributed by atoms with E-state index in [1.54, 1.807) is 0 Å². The Kier molecular flexibility index (Phi) is 3.88. The first-order valence-electron chi connectivity index (χ1n) is 7.15. The fraction of sp³-hybridized carbons (Fsp3) is 0.375. The zero-order chi connectivity index (χ0) is 13.9. The van der Waals surface area contributed by atoms with Gasteiger partial charge in [0.2, 0.25) is 0 Å². The van der Waals surface area contributed by atoms with Crippen molar-refractivity contribution in [3.63, 3.8) is 0 Å². The van der Waals surface area contributed by atoms with E-state index in [2.05, 4.69) is 23.3 Å². The first-order chi connectivity index (χ1) is 9.78. The van der Waals surface area contributed by atoms with E-state index in [-0.39, 0.29) is 0 Å². The molecule has 0 aliphatic heterocycles. The summed E-state index contributed by atoms with van der Waals surface area (Å²) >= 11 is 6.26. The molecule has 0 amide bonds. The molecule has 1 fully saturated rings. The maximum atomic E-state index is 6.26. The van der Waals surface area contributed by atoms with Crippen LogP contribution in [0.1, 0.15) is 37.8 Å². The van der Waals surface area contributed by atoms with E-state index in [1.165, 1.54) is 12.8 Å². The minimum atomic E-state index is 0.599. The van der Waals surface area contributed by atoms with Gasteiger partial charge in [-0.05, 0) is 31.4 Å². The second-order valence-corrected chi connectivity index (χ2v) is 5.59. The highest BCUT2D eigenvalue weighted by atomic mass is 35.5. The molecular weight excluding hydrogens is 270 g/mol. The van der Waals surface area contributed by atoms with Gasteiger partial charge in [0.15, 0.2) is 5.82 Å². The van der Waals surface area contributed by atoms with Crippen molar-refractivity contribution >= 4 is 17.4 Å². The average molecular weight is 288 g/mol. The molecular formula is C16H18ClN3. The molecule has 1 heterocycles. The van der Waals surface area contributed by atoms with Crippen molar-refractivity contribution in [2.24, 2.45) is 0 Å². The quantitative estimate of drug-likeness (QED) is 0.880. The molecule has 0 saturated heterocycles. The molecule has 1 aromatic carbocycles. The lowest BCUT2D eigenvalue weighted by molar-refractivity contribution is 0.948. The van der Waals surface area contributed by atoms with Crippen LogP contribution in [-0.2, 0) is 0 Å². The maximum Gasteiger partial charge on any atom is 0.163 e. The summed E-state index contributed by atoms with van der Waals surface area (Å²) in [7, 11) is 0. The van der Waals surface area contributed by atoms with Crippen molar-refractivity contribution in [3.05, 3.63) is 41.0 Å². The predicted molar refractivity (Wildman–Crippen MR) is 83.2 cm³/mol. The average Bonchev–Trinajstić information content (AvgIpc) is 3.30. The van der Waals surface area contributed by atoms with Crippen LogP contribution in [0.5, 0.6) is 0 Å². The van der Waals surface area contributed by atoms with Gasteiger partial charge in [-0.25, -0.2) is 9.97 Å². The van der Waals surface area contributed by atoms with Crippen LogP contribution in [0.25, 0.3) is 11.4 Å². The minimum absolute atomic E-state index is 0.599. The largest absolute Gasteiger partial charge is 0.370 e. The highest BCUT2D eigenvalue weighted by Gasteiger charge is 2.26. The van der Waals surface area contributed by atoms with E-state index in [4.69, 9.17) is 16.6 Å². The number of nitrogens with zero attached hydrogens (tertiary/aromatic N) is 2. The van der Waals surface area contributed by atoms with Crippen molar-refractivity contribution in [2.45, 2.75) is 32.1 Å². The van der Waals surface area contributed by atoms with Crippen LogP contribution in [-0.4, -0.2) is 16.5 Å². The van der Waals surface area contributed by atoms with Gasteiger partial charge >= 0.3 is 0 Å². The molecule has 1 N–H and O–H groups in total. The molecule has 0 radical (unpaired) electrons. The van der Waals surface area contributed by atoms with Crippen molar-refractivity contribution in [3.8, 4) is 11.4 Å². The van der Waals surface area contributed by atoms with Gasteiger partial charge in [0.05, 0.1) is 5.02 Å². The summed E-state index contributed by atoms with van der Waals surface area (Å²) in [6, 6.07) is 9.81. The molecule has 0 atom stereocenters. The third kappa shape index (κ3) is 2.93. The minimum Gasteiger partial charge on any atom is -0.370 e. The third-order valence-electron chi connectivity index (χ3n) is 3.41. The van der Waals surface area contributed by atoms with Gasteiger partial charge in [-0.3, -0.25) is 0 Å². The number of hydrogen-bond donors (Lipinski definition) is 1. The van der Waals surface area contributed by atoms with Gasteiger partial charge in [-0.1, -0.05) is 30.7 Å². The van der Waals surface area contributed by atoms with E-state index in [0.29, 0.717) is 10.9 Å². The third-order valence-corrected chi connectivity index (χ3v) is 3.74. The fourth-order valence-corrected chi connectivity index (χ4v) is 2.38. The second kappa shape index (κ2) is 5.80. The Bertz CT molecular complexity index is 608. The van der Waals surface area contributed by atoms with Crippen molar-refractivity contribution in [2.75, 3.05) is 11.9 Å². The van der Waals surface area contributed by atoms with E-state index in [1.807, 2.05) is 24.3 Å². The Morgan fingerprint density at radius 2 is 2.05 bits per heavy atom. The molecule has 104 valence electrons. The summed E-state index contributed by atoms with van der Waals surface area (Å²) in [4.78, 5) is 9.30. The predicted octanol–water partition coefficient (Wildman–Crippen LogP) is 4.50. The van der Waals surface area contributed by atoms with Crippen LogP contribution in [0.15, 0.2) is 30.3 Å². The fourth-order valence-electron chi connectivity index (χ4n) is 2.16.